The second kappa shape index (κ2) is 13.9. The van der Waals surface area contributed by atoms with Crippen molar-refractivity contribution in [3.05, 3.63) is 199 Å². The van der Waals surface area contributed by atoms with Gasteiger partial charge in [-0.1, -0.05) is 133 Å². The van der Waals surface area contributed by atoms with Crippen molar-refractivity contribution in [1.82, 2.24) is 14.5 Å². The van der Waals surface area contributed by atoms with Gasteiger partial charge in [0.15, 0.2) is 29.1 Å². The second-order valence-electron chi connectivity index (χ2n) is 14.6. The number of para-hydroxylation sites is 2. The van der Waals surface area contributed by atoms with Crippen molar-refractivity contribution in [1.29, 1.82) is 0 Å². The fourth-order valence-corrected chi connectivity index (χ4v) is 8.27. The van der Waals surface area contributed by atoms with Gasteiger partial charge < -0.3 is 8.98 Å². The summed E-state index contributed by atoms with van der Waals surface area (Å²) in [7, 11) is 0. The standard InChI is InChI=1S/C52H29F4N3O/c53-46-45-40-28-34(33-15-9-16-35(27-33)42-29-41(31-11-3-1-4-12-31)57-52(58-42)32-13-5-2-6-14-32)23-26-43(40)59(50(45)49(56)48(55)47(46)54)36-24-21-30(22-25-36)37-18-10-19-39-38-17-7-8-20-44(38)60-51(37)39/h1-29H. The number of hydrogen-bond acceptors (Lipinski definition) is 3. The predicted molar refractivity (Wildman–Crippen MR) is 231 cm³/mol. The molecule has 0 aliphatic carbocycles. The summed E-state index contributed by atoms with van der Waals surface area (Å²) >= 11 is 0. The number of aromatic nitrogens is 3. The average molecular weight is 788 g/mol. The molecule has 8 aromatic carbocycles. The van der Waals surface area contributed by atoms with Crippen molar-refractivity contribution < 1.29 is 22.0 Å². The molecular formula is C52H29F4N3O. The molecule has 0 atom stereocenters. The Labute approximate surface area is 340 Å². The molecule has 0 radical (unpaired) electrons. The highest BCUT2D eigenvalue weighted by Crippen LogP contribution is 2.41. The Balaban J connectivity index is 1.04. The van der Waals surface area contributed by atoms with Gasteiger partial charge in [0.2, 0.25) is 0 Å². The van der Waals surface area contributed by atoms with Crippen molar-refractivity contribution in [3.63, 3.8) is 0 Å². The van der Waals surface area contributed by atoms with E-state index in [1.165, 1.54) is 4.57 Å². The summed E-state index contributed by atoms with van der Waals surface area (Å²) in [5, 5.41) is 1.83. The smallest absolute Gasteiger partial charge is 0.199 e. The Morgan fingerprint density at radius 2 is 1.02 bits per heavy atom. The van der Waals surface area contributed by atoms with Gasteiger partial charge in [0.05, 0.1) is 22.4 Å². The summed E-state index contributed by atoms with van der Waals surface area (Å²) in [6.07, 6.45) is 0. The topological polar surface area (TPSA) is 43.9 Å². The third kappa shape index (κ3) is 5.67. The van der Waals surface area contributed by atoms with Crippen LogP contribution in [-0.4, -0.2) is 14.5 Å². The van der Waals surface area contributed by atoms with Crippen LogP contribution in [0.15, 0.2) is 180 Å². The Bertz CT molecular complexity index is 3410. The van der Waals surface area contributed by atoms with Crippen molar-refractivity contribution >= 4 is 43.7 Å². The number of fused-ring (bicyclic) bond motifs is 6. The zero-order valence-electron chi connectivity index (χ0n) is 31.5. The molecule has 4 nitrogen and oxygen atoms in total. The van der Waals surface area contributed by atoms with Crippen LogP contribution in [0.4, 0.5) is 17.6 Å². The molecule has 0 bridgehead atoms. The Kier molecular flexibility index (Phi) is 8.20. The molecule has 11 rings (SSSR count). The van der Waals surface area contributed by atoms with Crippen LogP contribution in [0.1, 0.15) is 0 Å². The fourth-order valence-electron chi connectivity index (χ4n) is 8.27. The predicted octanol–water partition coefficient (Wildman–Crippen LogP) is 14.4. The zero-order chi connectivity index (χ0) is 40.5. The normalized spacial score (nSPS) is 11.7. The molecule has 8 heteroatoms. The fraction of sp³-hybridized carbons (Fsp3) is 0. The van der Waals surface area contributed by atoms with E-state index in [9.17, 15) is 0 Å². The molecule has 0 aliphatic heterocycles. The molecule has 60 heavy (non-hydrogen) atoms. The summed E-state index contributed by atoms with van der Waals surface area (Å²) in [5.41, 5.74) is 9.02. The Morgan fingerprint density at radius 3 is 1.80 bits per heavy atom. The van der Waals surface area contributed by atoms with E-state index >= 15 is 17.6 Å². The first-order chi connectivity index (χ1) is 29.4. The van der Waals surface area contributed by atoms with Crippen LogP contribution in [0.5, 0.6) is 0 Å². The molecule has 0 saturated carbocycles. The van der Waals surface area contributed by atoms with Crippen LogP contribution in [0, 0.1) is 23.3 Å². The first-order valence-electron chi connectivity index (χ1n) is 19.3. The first-order valence-corrected chi connectivity index (χ1v) is 19.3. The molecule has 286 valence electrons. The summed E-state index contributed by atoms with van der Waals surface area (Å²) in [6, 6.07) is 55.4. The minimum Gasteiger partial charge on any atom is -0.455 e. The van der Waals surface area contributed by atoms with Gasteiger partial charge in [-0.2, -0.15) is 0 Å². The van der Waals surface area contributed by atoms with Crippen LogP contribution in [-0.2, 0) is 0 Å². The van der Waals surface area contributed by atoms with E-state index in [1.807, 2.05) is 152 Å². The van der Waals surface area contributed by atoms with Crippen LogP contribution in [0.2, 0.25) is 0 Å². The molecule has 0 N–H and O–H groups in total. The molecule has 3 aromatic heterocycles. The first kappa shape index (κ1) is 35.3. The number of benzene rings is 8. The van der Waals surface area contributed by atoms with Gasteiger partial charge in [0.1, 0.15) is 11.2 Å². The lowest BCUT2D eigenvalue weighted by Crippen LogP contribution is -2.01. The summed E-state index contributed by atoms with van der Waals surface area (Å²) in [4.78, 5) is 9.86. The SMILES string of the molecule is Fc1c(F)c(F)c2c(c1F)c1cc(-c3cccc(-c4cc(-c5ccccc5)nc(-c5ccccc5)n4)c3)ccc1n2-c1ccc(-c2cccc3c2oc2ccccc23)cc1. The Morgan fingerprint density at radius 1 is 0.417 bits per heavy atom. The maximum atomic E-state index is 16.0. The van der Waals surface area contributed by atoms with Crippen molar-refractivity contribution in [2.24, 2.45) is 0 Å². The molecule has 0 aliphatic rings. The third-order valence-electron chi connectivity index (χ3n) is 11.1. The molecule has 0 saturated heterocycles. The highest BCUT2D eigenvalue weighted by Gasteiger charge is 2.27. The highest BCUT2D eigenvalue weighted by molar-refractivity contribution is 6.12. The monoisotopic (exact) mass is 787 g/mol. The molecule has 11 aromatic rings. The lowest BCUT2D eigenvalue weighted by Gasteiger charge is -2.11. The van der Waals surface area contributed by atoms with E-state index in [2.05, 4.69) is 0 Å². The lowest BCUT2D eigenvalue weighted by atomic mass is 9.99. The number of furan rings is 1. The highest BCUT2D eigenvalue weighted by atomic mass is 19.2. The summed E-state index contributed by atoms with van der Waals surface area (Å²) in [6.45, 7) is 0. The van der Waals surface area contributed by atoms with Crippen molar-refractivity contribution in [2.45, 2.75) is 0 Å². The van der Waals surface area contributed by atoms with E-state index < -0.39 is 28.8 Å². The largest absolute Gasteiger partial charge is 0.455 e. The quantitative estimate of drug-likeness (QED) is 0.0958. The van der Waals surface area contributed by atoms with Gasteiger partial charge in [-0.05, 0) is 59.2 Å². The van der Waals surface area contributed by atoms with Crippen LogP contribution in [0.25, 0.3) is 106 Å². The van der Waals surface area contributed by atoms with E-state index in [-0.39, 0.29) is 10.8 Å². The molecule has 0 unspecified atom stereocenters. The molecule has 0 amide bonds. The molecule has 0 fully saturated rings. The third-order valence-corrected chi connectivity index (χ3v) is 11.1. The van der Waals surface area contributed by atoms with Gasteiger partial charge in [-0.15, -0.1) is 0 Å². The minimum absolute atomic E-state index is 0.221. The number of halogens is 4. The van der Waals surface area contributed by atoms with Crippen LogP contribution < -0.4 is 0 Å². The van der Waals surface area contributed by atoms with Gasteiger partial charge in [-0.3, -0.25) is 0 Å². The molecule has 0 spiro atoms. The minimum atomic E-state index is -1.88. The van der Waals surface area contributed by atoms with E-state index in [1.54, 1.807) is 24.3 Å². The average Bonchev–Trinajstić information content (AvgIpc) is 3.87. The molecular weight excluding hydrogens is 759 g/mol. The van der Waals surface area contributed by atoms with Gasteiger partial charge in [0.25, 0.3) is 0 Å². The van der Waals surface area contributed by atoms with E-state index in [4.69, 9.17) is 14.4 Å². The van der Waals surface area contributed by atoms with Crippen molar-refractivity contribution in [3.8, 4) is 61.8 Å². The van der Waals surface area contributed by atoms with Gasteiger partial charge in [0, 0.05) is 49.5 Å². The Hall–Kier alpha value is -7.84. The number of rotatable bonds is 6. The second-order valence-corrected chi connectivity index (χ2v) is 14.6. The van der Waals surface area contributed by atoms with E-state index in [0.29, 0.717) is 28.3 Å². The van der Waals surface area contributed by atoms with Crippen LogP contribution >= 0.6 is 0 Å². The number of nitrogens with zero attached hydrogens (tertiary/aromatic N) is 3. The van der Waals surface area contributed by atoms with Crippen molar-refractivity contribution in [2.75, 3.05) is 0 Å². The summed E-state index contributed by atoms with van der Waals surface area (Å²) in [5.74, 6) is -6.12. The maximum Gasteiger partial charge on any atom is 0.199 e. The van der Waals surface area contributed by atoms with E-state index in [0.717, 1.165) is 61.0 Å². The molecule has 3 heterocycles. The lowest BCUT2D eigenvalue weighted by molar-refractivity contribution is 0.417. The van der Waals surface area contributed by atoms with Crippen LogP contribution in [0.3, 0.4) is 0 Å². The zero-order valence-corrected chi connectivity index (χ0v) is 31.5. The maximum absolute atomic E-state index is 16.0. The summed E-state index contributed by atoms with van der Waals surface area (Å²) < 4.78 is 69.8. The number of hydrogen-bond donors (Lipinski definition) is 0. The van der Waals surface area contributed by atoms with Gasteiger partial charge in [-0.25, -0.2) is 27.5 Å². The van der Waals surface area contributed by atoms with Gasteiger partial charge >= 0.3 is 0 Å².